The first-order valence-corrected chi connectivity index (χ1v) is 8.83. The number of hydrogen-bond acceptors (Lipinski definition) is 4. The maximum absolute atomic E-state index is 12.1. The zero-order valence-corrected chi connectivity index (χ0v) is 15.7. The SMILES string of the molecule is COCC1(CNC(=O)COc2cc(Cl)c(Cl)cc2Cl)CCNCC1. The van der Waals surface area contributed by atoms with Crippen molar-refractivity contribution in [3.63, 3.8) is 0 Å². The summed E-state index contributed by atoms with van der Waals surface area (Å²) in [5.41, 5.74) is -0.0309. The zero-order chi connectivity index (χ0) is 17.6. The number of piperidine rings is 1. The molecule has 0 atom stereocenters. The fourth-order valence-electron chi connectivity index (χ4n) is 2.73. The maximum Gasteiger partial charge on any atom is 0.257 e. The molecule has 24 heavy (non-hydrogen) atoms. The van der Waals surface area contributed by atoms with E-state index < -0.39 is 0 Å². The Morgan fingerprint density at radius 2 is 1.88 bits per heavy atom. The number of carbonyl (C=O) groups is 1. The zero-order valence-electron chi connectivity index (χ0n) is 13.5. The lowest BCUT2D eigenvalue weighted by Gasteiger charge is -2.37. The van der Waals surface area contributed by atoms with Crippen molar-refractivity contribution in [2.24, 2.45) is 5.41 Å². The average Bonchev–Trinajstić information content (AvgIpc) is 2.56. The molecular formula is C16H21Cl3N2O3. The van der Waals surface area contributed by atoms with Gasteiger partial charge in [0.15, 0.2) is 6.61 Å². The first kappa shape index (κ1) is 19.6. The third-order valence-corrected chi connectivity index (χ3v) is 5.13. The predicted molar refractivity (Wildman–Crippen MR) is 96.4 cm³/mol. The van der Waals surface area contributed by atoms with Gasteiger partial charge in [0.2, 0.25) is 0 Å². The third-order valence-electron chi connectivity index (χ3n) is 4.11. The van der Waals surface area contributed by atoms with Crippen molar-refractivity contribution in [1.29, 1.82) is 0 Å². The van der Waals surface area contributed by atoms with Crippen LogP contribution in [0.3, 0.4) is 0 Å². The first-order chi connectivity index (χ1) is 11.5. The van der Waals surface area contributed by atoms with E-state index in [-0.39, 0.29) is 17.9 Å². The fraction of sp³-hybridized carbons (Fsp3) is 0.562. The van der Waals surface area contributed by atoms with Crippen LogP contribution in [0, 0.1) is 5.41 Å². The lowest BCUT2D eigenvalue weighted by Crippen LogP contribution is -2.47. The molecule has 8 heteroatoms. The second-order valence-electron chi connectivity index (χ2n) is 5.95. The van der Waals surface area contributed by atoms with E-state index in [1.807, 2.05) is 0 Å². The number of rotatable bonds is 7. The predicted octanol–water partition coefficient (Wildman–Crippen LogP) is 3.16. The Morgan fingerprint density at radius 3 is 2.54 bits per heavy atom. The molecule has 1 heterocycles. The molecule has 0 spiro atoms. The van der Waals surface area contributed by atoms with Gasteiger partial charge in [0.1, 0.15) is 5.75 Å². The highest BCUT2D eigenvalue weighted by atomic mass is 35.5. The minimum atomic E-state index is -0.217. The van der Waals surface area contributed by atoms with E-state index in [9.17, 15) is 4.79 Å². The molecule has 0 aliphatic carbocycles. The molecule has 2 rings (SSSR count). The number of methoxy groups -OCH3 is 1. The van der Waals surface area contributed by atoms with E-state index >= 15 is 0 Å². The number of benzene rings is 1. The summed E-state index contributed by atoms with van der Waals surface area (Å²) in [6, 6.07) is 2.99. The largest absolute Gasteiger partial charge is 0.482 e. The summed E-state index contributed by atoms with van der Waals surface area (Å²) < 4.78 is 10.8. The lowest BCUT2D eigenvalue weighted by molar-refractivity contribution is -0.124. The molecule has 0 aromatic heterocycles. The van der Waals surface area contributed by atoms with Crippen LogP contribution in [-0.2, 0) is 9.53 Å². The standard InChI is InChI=1S/C16H21Cl3N2O3/c1-23-10-16(2-4-20-5-3-16)9-21-15(22)8-24-14-7-12(18)11(17)6-13(14)19/h6-7,20H,2-5,8-10H2,1H3,(H,21,22). The Kier molecular flexibility index (Phi) is 7.44. The fourth-order valence-corrected chi connectivity index (χ4v) is 3.32. The smallest absolute Gasteiger partial charge is 0.257 e. The van der Waals surface area contributed by atoms with Crippen LogP contribution in [0.4, 0.5) is 0 Å². The highest BCUT2D eigenvalue weighted by Gasteiger charge is 2.32. The Morgan fingerprint density at radius 1 is 1.21 bits per heavy atom. The van der Waals surface area contributed by atoms with Crippen LogP contribution in [0.15, 0.2) is 12.1 Å². The van der Waals surface area contributed by atoms with Crippen LogP contribution in [0.2, 0.25) is 15.1 Å². The second-order valence-corrected chi connectivity index (χ2v) is 7.17. The van der Waals surface area contributed by atoms with Gasteiger partial charge in [0, 0.05) is 25.1 Å². The monoisotopic (exact) mass is 394 g/mol. The number of nitrogens with one attached hydrogen (secondary N) is 2. The molecule has 1 saturated heterocycles. The molecule has 134 valence electrons. The molecule has 0 unspecified atom stereocenters. The summed E-state index contributed by atoms with van der Waals surface area (Å²) in [6.07, 6.45) is 1.92. The highest BCUT2D eigenvalue weighted by Crippen LogP contribution is 2.33. The summed E-state index contributed by atoms with van der Waals surface area (Å²) in [6.45, 7) is 2.89. The summed E-state index contributed by atoms with van der Waals surface area (Å²) >= 11 is 17.8. The van der Waals surface area contributed by atoms with Crippen molar-refractivity contribution < 1.29 is 14.3 Å². The molecule has 1 amide bonds. The molecule has 2 N–H and O–H groups in total. The molecule has 0 radical (unpaired) electrons. The van der Waals surface area contributed by atoms with E-state index in [0.717, 1.165) is 25.9 Å². The van der Waals surface area contributed by atoms with Crippen LogP contribution < -0.4 is 15.4 Å². The van der Waals surface area contributed by atoms with Crippen LogP contribution in [0.25, 0.3) is 0 Å². The van der Waals surface area contributed by atoms with Crippen LogP contribution in [-0.4, -0.2) is 45.9 Å². The molecule has 5 nitrogen and oxygen atoms in total. The van der Waals surface area contributed by atoms with Gasteiger partial charge in [0.05, 0.1) is 21.7 Å². The maximum atomic E-state index is 12.1. The number of amides is 1. The number of halogens is 3. The first-order valence-electron chi connectivity index (χ1n) is 7.69. The van der Waals surface area contributed by atoms with E-state index in [2.05, 4.69) is 10.6 Å². The highest BCUT2D eigenvalue weighted by molar-refractivity contribution is 6.43. The second kappa shape index (κ2) is 9.11. The minimum Gasteiger partial charge on any atom is -0.482 e. The van der Waals surface area contributed by atoms with Gasteiger partial charge in [-0.05, 0) is 32.0 Å². The topological polar surface area (TPSA) is 59.6 Å². The van der Waals surface area contributed by atoms with E-state index in [0.29, 0.717) is 34.0 Å². The summed E-state index contributed by atoms with van der Waals surface area (Å²) in [7, 11) is 1.68. The van der Waals surface area contributed by atoms with Crippen LogP contribution in [0.1, 0.15) is 12.8 Å². The summed E-state index contributed by atoms with van der Waals surface area (Å²) in [5, 5.41) is 7.21. The Labute approximate surface area is 156 Å². The van der Waals surface area contributed by atoms with E-state index in [1.165, 1.54) is 12.1 Å². The molecule has 1 aromatic rings. The normalized spacial score (nSPS) is 16.7. The van der Waals surface area contributed by atoms with Crippen molar-refractivity contribution in [3.8, 4) is 5.75 Å². The Hall–Kier alpha value is -0.720. The molecule has 0 saturated carbocycles. The molecule has 1 fully saturated rings. The Balaban J connectivity index is 1.85. The summed E-state index contributed by atoms with van der Waals surface area (Å²) in [4.78, 5) is 12.1. The molecular weight excluding hydrogens is 375 g/mol. The van der Waals surface area contributed by atoms with Gasteiger partial charge in [-0.1, -0.05) is 34.8 Å². The van der Waals surface area contributed by atoms with Gasteiger partial charge in [-0.15, -0.1) is 0 Å². The van der Waals surface area contributed by atoms with Gasteiger partial charge >= 0.3 is 0 Å². The molecule has 1 aliphatic rings. The van der Waals surface area contributed by atoms with Gasteiger partial charge in [0.25, 0.3) is 5.91 Å². The molecule has 0 bridgehead atoms. The van der Waals surface area contributed by atoms with Crippen molar-refractivity contribution in [2.45, 2.75) is 12.8 Å². The van der Waals surface area contributed by atoms with Crippen molar-refractivity contribution in [1.82, 2.24) is 10.6 Å². The van der Waals surface area contributed by atoms with Crippen LogP contribution >= 0.6 is 34.8 Å². The van der Waals surface area contributed by atoms with Gasteiger partial charge in [-0.2, -0.15) is 0 Å². The van der Waals surface area contributed by atoms with Crippen LogP contribution in [0.5, 0.6) is 5.75 Å². The van der Waals surface area contributed by atoms with Gasteiger partial charge in [-0.25, -0.2) is 0 Å². The Bertz CT molecular complexity index is 572. The van der Waals surface area contributed by atoms with Crippen molar-refractivity contribution >= 4 is 40.7 Å². The van der Waals surface area contributed by atoms with E-state index in [1.54, 1.807) is 7.11 Å². The van der Waals surface area contributed by atoms with Crippen molar-refractivity contribution in [3.05, 3.63) is 27.2 Å². The quantitative estimate of drug-likeness (QED) is 0.696. The molecule has 1 aliphatic heterocycles. The average molecular weight is 396 g/mol. The third kappa shape index (κ3) is 5.39. The lowest BCUT2D eigenvalue weighted by atomic mass is 9.79. The summed E-state index contributed by atoms with van der Waals surface area (Å²) in [5.74, 6) is 0.112. The minimum absolute atomic E-state index is 0.0309. The van der Waals surface area contributed by atoms with Crippen molar-refractivity contribution in [2.75, 3.05) is 40.0 Å². The number of ether oxygens (including phenoxy) is 2. The van der Waals surface area contributed by atoms with Gasteiger partial charge in [-0.3, -0.25) is 4.79 Å². The van der Waals surface area contributed by atoms with E-state index in [4.69, 9.17) is 44.3 Å². The number of carbonyl (C=O) groups excluding carboxylic acids is 1. The van der Waals surface area contributed by atoms with Gasteiger partial charge < -0.3 is 20.1 Å². The number of hydrogen-bond donors (Lipinski definition) is 2. The molecule has 1 aromatic carbocycles.